The third kappa shape index (κ3) is 3.66. The molecule has 144 valence electrons. The van der Waals surface area contributed by atoms with Crippen LogP contribution in [0.4, 0.5) is 0 Å². The van der Waals surface area contributed by atoms with Crippen molar-refractivity contribution >= 4 is 16.7 Å². The number of hydrogen-bond donors (Lipinski definition) is 1. The summed E-state index contributed by atoms with van der Waals surface area (Å²) < 4.78 is 11.3. The first-order chi connectivity index (χ1) is 13.6. The zero-order valence-electron chi connectivity index (χ0n) is 15.9. The number of carbonyl (C=O) groups excluding carboxylic acids is 1. The highest BCUT2D eigenvalue weighted by Crippen LogP contribution is 2.44. The lowest BCUT2D eigenvalue weighted by molar-refractivity contribution is -0.187. The van der Waals surface area contributed by atoms with E-state index in [4.69, 9.17) is 9.47 Å². The van der Waals surface area contributed by atoms with Crippen LogP contribution in [0.15, 0.2) is 72.8 Å². The van der Waals surface area contributed by atoms with Crippen LogP contribution in [0.1, 0.15) is 37.0 Å². The van der Waals surface area contributed by atoms with E-state index in [1.165, 1.54) is 0 Å². The highest BCUT2D eigenvalue weighted by Gasteiger charge is 2.44. The highest BCUT2D eigenvalue weighted by molar-refractivity contribution is 5.83. The van der Waals surface area contributed by atoms with E-state index in [9.17, 15) is 9.90 Å². The van der Waals surface area contributed by atoms with E-state index in [1.54, 1.807) is 6.92 Å². The Kier molecular flexibility index (Phi) is 5.16. The van der Waals surface area contributed by atoms with Gasteiger partial charge in [-0.3, -0.25) is 0 Å². The summed E-state index contributed by atoms with van der Waals surface area (Å²) in [6.07, 6.45) is -0.654. The number of carbonyl (C=O) groups is 1. The minimum Gasteiger partial charge on any atom is -0.464 e. The normalized spacial score (nSPS) is 24.8. The standard InChI is InChI=1S/C24H24O4/c1-2-27-23(25)22-16-24(26,20-10-4-3-5-11-20)15-21(28-22)19-13-12-17-8-6-7-9-18(17)14-19/h3-14,21-22,26H,2,15-16H2,1H3/t21-,22+,24+/m1/s1. The van der Waals surface area contributed by atoms with E-state index < -0.39 is 23.8 Å². The zero-order valence-corrected chi connectivity index (χ0v) is 15.9. The average Bonchev–Trinajstić information content (AvgIpc) is 2.74. The van der Waals surface area contributed by atoms with Crippen LogP contribution in [0, 0.1) is 0 Å². The molecule has 0 spiro atoms. The maximum atomic E-state index is 12.4. The molecule has 3 aromatic carbocycles. The molecule has 0 saturated carbocycles. The van der Waals surface area contributed by atoms with E-state index in [0.717, 1.165) is 21.9 Å². The summed E-state index contributed by atoms with van der Waals surface area (Å²) in [6, 6.07) is 23.7. The molecule has 0 aromatic heterocycles. The van der Waals surface area contributed by atoms with E-state index in [0.29, 0.717) is 6.42 Å². The Morgan fingerprint density at radius 1 is 1.04 bits per heavy atom. The molecule has 1 N–H and O–H groups in total. The number of ether oxygens (including phenoxy) is 2. The summed E-state index contributed by atoms with van der Waals surface area (Å²) in [5.74, 6) is -0.428. The van der Waals surface area contributed by atoms with Crippen molar-refractivity contribution in [1.82, 2.24) is 0 Å². The number of aliphatic hydroxyl groups is 1. The van der Waals surface area contributed by atoms with Crippen LogP contribution < -0.4 is 0 Å². The Morgan fingerprint density at radius 3 is 2.50 bits per heavy atom. The number of esters is 1. The van der Waals surface area contributed by atoms with Gasteiger partial charge in [-0.2, -0.15) is 0 Å². The molecule has 1 aliphatic rings. The molecule has 0 aliphatic carbocycles. The maximum Gasteiger partial charge on any atom is 0.335 e. The SMILES string of the molecule is CCOC(=O)[C@@H]1C[C@](O)(c2ccccc2)C[C@H](c2ccc3ccccc3c2)O1. The van der Waals surface area contributed by atoms with Gasteiger partial charge >= 0.3 is 5.97 Å². The first-order valence-corrected chi connectivity index (χ1v) is 9.68. The molecule has 1 heterocycles. The summed E-state index contributed by atoms with van der Waals surface area (Å²) in [5.41, 5.74) is 0.577. The fourth-order valence-corrected chi connectivity index (χ4v) is 3.95. The molecular formula is C24H24O4. The number of benzene rings is 3. The second kappa shape index (κ2) is 7.74. The molecule has 1 aliphatic heterocycles. The second-order valence-electron chi connectivity index (χ2n) is 7.28. The van der Waals surface area contributed by atoms with E-state index in [-0.39, 0.29) is 13.0 Å². The van der Waals surface area contributed by atoms with Crippen LogP contribution in [0.3, 0.4) is 0 Å². The van der Waals surface area contributed by atoms with Gasteiger partial charge in [-0.25, -0.2) is 4.79 Å². The molecule has 0 radical (unpaired) electrons. The van der Waals surface area contributed by atoms with Gasteiger partial charge in [0.1, 0.15) is 0 Å². The van der Waals surface area contributed by atoms with Gasteiger partial charge in [-0.15, -0.1) is 0 Å². The monoisotopic (exact) mass is 376 g/mol. The lowest BCUT2D eigenvalue weighted by Crippen LogP contribution is -2.44. The van der Waals surface area contributed by atoms with Crippen LogP contribution in [0.2, 0.25) is 0 Å². The van der Waals surface area contributed by atoms with Crippen molar-refractivity contribution in [3.8, 4) is 0 Å². The van der Waals surface area contributed by atoms with Gasteiger partial charge in [-0.05, 0) is 34.9 Å². The Hall–Kier alpha value is -2.69. The lowest BCUT2D eigenvalue weighted by Gasteiger charge is -2.41. The van der Waals surface area contributed by atoms with Crippen molar-refractivity contribution in [2.75, 3.05) is 6.61 Å². The van der Waals surface area contributed by atoms with Crippen LogP contribution >= 0.6 is 0 Å². The fraction of sp³-hybridized carbons (Fsp3) is 0.292. The second-order valence-corrected chi connectivity index (χ2v) is 7.28. The van der Waals surface area contributed by atoms with Crippen molar-refractivity contribution in [3.05, 3.63) is 83.9 Å². The minimum absolute atomic E-state index is 0.180. The van der Waals surface area contributed by atoms with Crippen LogP contribution in [-0.4, -0.2) is 23.8 Å². The molecule has 3 aromatic rings. The van der Waals surface area contributed by atoms with Crippen molar-refractivity contribution in [1.29, 1.82) is 0 Å². The molecule has 4 rings (SSSR count). The van der Waals surface area contributed by atoms with E-state index in [2.05, 4.69) is 12.1 Å². The Balaban J connectivity index is 1.71. The molecule has 0 amide bonds. The first-order valence-electron chi connectivity index (χ1n) is 9.68. The third-order valence-electron chi connectivity index (χ3n) is 5.38. The molecule has 4 heteroatoms. The molecule has 1 fully saturated rings. The molecule has 4 nitrogen and oxygen atoms in total. The summed E-state index contributed by atoms with van der Waals surface area (Å²) >= 11 is 0. The Morgan fingerprint density at radius 2 is 1.75 bits per heavy atom. The summed E-state index contributed by atoms with van der Waals surface area (Å²) in [4.78, 5) is 12.4. The quantitative estimate of drug-likeness (QED) is 0.681. The van der Waals surface area contributed by atoms with Gasteiger partial charge in [0, 0.05) is 12.8 Å². The predicted octanol–water partition coefficient (Wildman–Crippen LogP) is 4.51. The molecule has 1 saturated heterocycles. The smallest absolute Gasteiger partial charge is 0.335 e. The molecule has 0 unspecified atom stereocenters. The predicted molar refractivity (Wildman–Crippen MR) is 108 cm³/mol. The maximum absolute atomic E-state index is 12.4. The van der Waals surface area contributed by atoms with Crippen molar-refractivity contribution < 1.29 is 19.4 Å². The number of fused-ring (bicyclic) bond motifs is 1. The van der Waals surface area contributed by atoms with E-state index >= 15 is 0 Å². The topological polar surface area (TPSA) is 55.8 Å². The average molecular weight is 376 g/mol. The molecule has 0 bridgehead atoms. The summed E-state index contributed by atoms with van der Waals surface area (Å²) in [5, 5.41) is 13.7. The largest absolute Gasteiger partial charge is 0.464 e. The van der Waals surface area contributed by atoms with Gasteiger partial charge in [0.25, 0.3) is 0 Å². The Bertz CT molecular complexity index is 969. The zero-order chi connectivity index (χ0) is 19.6. The summed E-state index contributed by atoms with van der Waals surface area (Å²) in [7, 11) is 0. The van der Waals surface area contributed by atoms with Crippen LogP contribution in [-0.2, 0) is 19.9 Å². The van der Waals surface area contributed by atoms with Gasteiger partial charge < -0.3 is 14.6 Å². The highest BCUT2D eigenvalue weighted by atomic mass is 16.6. The van der Waals surface area contributed by atoms with Crippen molar-refractivity contribution in [2.24, 2.45) is 0 Å². The van der Waals surface area contributed by atoms with Crippen molar-refractivity contribution in [2.45, 2.75) is 37.6 Å². The summed E-state index contributed by atoms with van der Waals surface area (Å²) in [6.45, 7) is 2.05. The van der Waals surface area contributed by atoms with Gasteiger partial charge in [0.2, 0.25) is 0 Å². The fourth-order valence-electron chi connectivity index (χ4n) is 3.95. The van der Waals surface area contributed by atoms with Crippen molar-refractivity contribution in [3.63, 3.8) is 0 Å². The molecule has 3 atom stereocenters. The van der Waals surface area contributed by atoms with Gasteiger partial charge in [-0.1, -0.05) is 66.7 Å². The lowest BCUT2D eigenvalue weighted by atomic mass is 9.79. The molecule has 28 heavy (non-hydrogen) atoms. The van der Waals surface area contributed by atoms with Crippen LogP contribution in [0.5, 0.6) is 0 Å². The van der Waals surface area contributed by atoms with E-state index in [1.807, 2.05) is 60.7 Å². The first kappa shape index (κ1) is 18.7. The van der Waals surface area contributed by atoms with Crippen LogP contribution in [0.25, 0.3) is 10.8 Å². The minimum atomic E-state index is -1.16. The Labute approximate surface area is 164 Å². The third-order valence-corrected chi connectivity index (χ3v) is 5.38. The molecular weight excluding hydrogens is 352 g/mol. The number of rotatable bonds is 4. The number of hydrogen-bond acceptors (Lipinski definition) is 4. The van der Waals surface area contributed by atoms with Gasteiger partial charge in [0.15, 0.2) is 6.10 Å². The van der Waals surface area contributed by atoms with Gasteiger partial charge in [0.05, 0.1) is 18.3 Å².